The summed E-state index contributed by atoms with van der Waals surface area (Å²) < 4.78 is 0. The number of hydrogen-bond donors (Lipinski definition) is 5. The smallest absolute Gasteiger partial charge is 0.405 e. The van der Waals surface area contributed by atoms with Crippen molar-refractivity contribution in [3.63, 3.8) is 0 Å². The summed E-state index contributed by atoms with van der Waals surface area (Å²) in [6.07, 6.45) is 4.02. The van der Waals surface area contributed by atoms with Crippen molar-refractivity contribution in [3.8, 4) is 33.6 Å². The second-order valence-electron chi connectivity index (χ2n) is 13.3. The molecule has 6 aromatic rings. The Balaban J connectivity index is 0.976. The molecular formula is C40H37N7O3. The van der Waals surface area contributed by atoms with Gasteiger partial charge in [-0.05, 0) is 45.9 Å². The fourth-order valence-electron chi connectivity index (χ4n) is 7.13. The summed E-state index contributed by atoms with van der Waals surface area (Å²) in [5.74, 6) is 1.06. The topological polar surface area (TPSA) is 139 Å². The third-order valence-corrected chi connectivity index (χ3v) is 9.75. The number of benzene rings is 4. The van der Waals surface area contributed by atoms with Gasteiger partial charge in [0.1, 0.15) is 17.7 Å². The van der Waals surface area contributed by atoms with Crippen LogP contribution in [0.15, 0.2) is 109 Å². The Morgan fingerprint density at radius 1 is 0.820 bits per heavy atom. The molecule has 2 aliphatic heterocycles. The Hall–Kier alpha value is -6.16. The van der Waals surface area contributed by atoms with Crippen molar-refractivity contribution in [3.05, 3.63) is 132 Å². The molecule has 0 saturated carbocycles. The second kappa shape index (κ2) is 12.7. The van der Waals surface area contributed by atoms with E-state index in [1.165, 1.54) is 11.3 Å². The fraction of sp³-hybridized carbons (Fsp3) is 0.200. The second-order valence-corrected chi connectivity index (χ2v) is 13.3. The van der Waals surface area contributed by atoms with Gasteiger partial charge in [-0.25, -0.2) is 14.8 Å². The first-order chi connectivity index (χ1) is 24.3. The summed E-state index contributed by atoms with van der Waals surface area (Å²) in [5.41, 5.74) is 10.2. The van der Waals surface area contributed by atoms with Crippen LogP contribution >= 0.6 is 0 Å². The predicted octanol–water partition coefficient (Wildman–Crippen LogP) is 7.77. The van der Waals surface area contributed by atoms with Gasteiger partial charge in [0.25, 0.3) is 5.91 Å². The molecule has 5 N–H and O–H groups in total. The van der Waals surface area contributed by atoms with Crippen molar-refractivity contribution in [2.24, 2.45) is 5.92 Å². The highest BCUT2D eigenvalue weighted by Gasteiger charge is 2.40. The Morgan fingerprint density at radius 3 is 2.18 bits per heavy atom. The van der Waals surface area contributed by atoms with Crippen molar-refractivity contribution in [1.29, 1.82) is 0 Å². The number of nitrogens with zero attached hydrogens (tertiary/aromatic N) is 3. The Labute approximate surface area is 289 Å². The van der Waals surface area contributed by atoms with Crippen LogP contribution in [0.4, 0.5) is 16.2 Å². The minimum atomic E-state index is -1.23. The zero-order valence-electron chi connectivity index (χ0n) is 27.7. The number of amides is 2. The number of carboxylic acid groups (broad SMARTS) is 1. The van der Waals surface area contributed by atoms with E-state index in [0.717, 1.165) is 57.1 Å². The number of fused-ring (bicyclic) bond motifs is 2. The van der Waals surface area contributed by atoms with E-state index in [1.807, 2.05) is 56.6 Å². The minimum Gasteiger partial charge on any atom is -0.465 e. The molecule has 0 radical (unpaired) electrons. The molecule has 2 amide bonds. The summed E-state index contributed by atoms with van der Waals surface area (Å²) in [6, 6.07) is 31.7. The third-order valence-electron chi connectivity index (χ3n) is 9.75. The highest BCUT2D eigenvalue weighted by molar-refractivity contribution is 6.01. The lowest BCUT2D eigenvalue weighted by molar-refractivity contribution is -0.121. The molecule has 3 atom stereocenters. The molecule has 0 saturated heterocycles. The monoisotopic (exact) mass is 663 g/mol. The van der Waals surface area contributed by atoms with Gasteiger partial charge < -0.3 is 25.7 Å². The predicted molar refractivity (Wildman–Crippen MR) is 194 cm³/mol. The van der Waals surface area contributed by atoms with Crippen molar-refractivity contribution in [2.75, 3.05) is 10.2 Å². The Bertz CT molecular complexity index is 2160. The van der Waals surface area contributed by atoms with Crippen LogP contribution in [-0.4, -0.2) is 43.1 Å². The van der Waals surface area contributed by atoms with Gasteiger partial charge in [0.2, 0.25) is 0 Å². The van der Waals surface area contributed by atoms with Gasteiger partial charge in [0, 0.05) is 36.0 Å². The highest BCUT2D eigenvalue weighted by atomic mass is 16.4. The lowest BCUT2D eigenvalue weighted by Gasteiger charge is -2.30. The first-order valence-corrected chi connectivity index (χ1v) is 16.9. The van der Waals surface area contributed by atoms with E-state index in [-0.39, 0.29) is 23.9 Å². The summed E-state index contributed by atoms with van der Waals surface area (Å²) in [6.45, 7) is 3.67. The van der Waals surface area contributed by atoms with E-state index in [4.69, 9.17) is 4.98 Å². The summed E-state index contributed by atoms with van der Waals surface area (Å²) in [5, 5.41) is 15.4. The molecular weight excluding hydrogens is 626 g/mol. The molecule has 0 bridgehead atoms. The van der Waals surface area contributed by atoms with E-state index in [1.54, 1.807) is 4.90 Å². The van der Waals surface area contributed by atoms with E-state index < -0.39 is 12.1 Å². The van der Waals surface area contributed by atoms with E-state index >= 15 is 0 Å². The number of para-hydroxylation sites is 2. The molecule has 0 fully saturated rings. The number of aromatic amines is 2. The van der Waals surface area contributed by atoms with Crippen LogP contribution in [0.5, 0.6) is 0 Å². The van der Waals surface area contributed by atoms with Crippen LogP contribution in [0.1, 0.15) is 48.7 Å². The van der Waals surface area contributed by atoms with E-state index in [9.17, 15) is 14.7 Å². The SMILES string of the molecule is CC(C)[C@@H](NC(=O)O)C(=O)N1c2ccccc2C[C@H]1c1nc(-c2ccc(-c3ccc(-c4cnc([C@@H]5Cc6ccccc6N5)[nH]4)cc3)cc2)c[nH]1. The van der Waals surface area contributed by atoms with E-state index in [0.29, 0.717) is 12.2 Å². The van der Waals surface area contributed by atoms with Gasteiger partial charge in [0.05, 0.1) is 29.7 Å². The molecule has 0 unspecified atom stereocenters. The molecule has 0 spiro atoms. The zero-order chi connectivity index (χ0) is 34.4. The first kappa shape index (κ1) is 31.1. The molecule has 4 aromatic carbocycles. The number of carbonyl (C=O) groups excluding carboxylic acids is 1. The van der Waals surface area contributed by atoms with Crippen LogP contribution in [0.3, 0.4) is 0 Å². The Morgan fingerprint density at radius 2 is 1.48 bits per heavy atom. The number of carbonyl (C=O) groups is 2. The van der Waals surface area contributed by atoms with E-state index in [2.05, 4.69) is 92.3 Å². The van der Waals surface area contributed by atoms with Gasteiger partial charge in [-0.1, -0.05) is 98.8 Å². The quantitative estimate of drug-likeness (QED) is 0.113. The molecule has 2 aliphatic rings. The summed E-state index contributed by atoms with van der Waals surface area (Å²) >= 11 is 0. The number of anilines is 2. The summed E-state index contributed by atoms with van der Waals surface area (Å²) in [7, 11) is 0. The summed E-state index contributed by atoms with van der Waals surface area (Å²) in [4.78, 5) is 43.5. The van der Waals surface area contributed by atoms with Gasteiger partial charge in [0.15, 0.2) is 0 Å². The molecule has 4 heterocycles. The molecule has 50 heavy (non-hydrogen) atoms. The van der Waals surface area contributed by atoms with Crippen molar-refractivity contribution in [2.45, 2.75) is 44.8 Å². The maximum atomic E-state index is 13.9. The number of hydrogen-bond acceptors (Lipinski definition) is 5. The molecule has 8 rings (SSSR count). The average molecular weight is 664 g/mol. The maximum absolute atomic E-state index is 13.9. The third kappa shape index (κ3) is 5.78. The van der Waals surface area contributed by atoms with Crippen LogP contribution < -0.4 is 15.5 Å². The normalized spacial score (nSPS) is 16.9. The zero-order valence-corrected chi connectivity index (χ0v) is 27.7. The number of aromatic nitrogens is 4. The number of nitrogens with one attached hydrogen (secondary N) is 4. The number of imidazole rings is 2. The van der Waals surface area contributed by atoms with Crippen LogP contribution in [0, 0.1) is 5.92 Å². The number of H-pyrrole nitrogens is 2. The van der Waals surface area contributed by atoms with Gasteiger partial charge in [-0.2, -0.15) is 0 Å². The first-order valence-electron chi connectivity index (χ1n) is 16.9. The molecule has 10 nitrogen and oxygen atoms in total. The van der Waals surface area contributed by atoms with Gasteiger partial charge >= 0.3 is 6.09 Å². The van der Waals surface area contributed by atoms with Crippen LogP contribution in [-0.2, 0) is 17.6 Å². The maximum Gasteiger partial charge on any atom is 0.405 e. The largest absolute Gasteiger partial charge is 0.465 e. The average Bonchev–Trinajstić information content (AvgIpc) is 3.95. The minimum absolute atomic E-state index is 0.138. The van der Waals surface area contributed by atoms with Crippen molar-refractivity contribution >= 4 is 23.4 Å². The van der Waals surface area contributed by atoms with Gasteiger partial charge in [-0.15, -0.1) is 0 Å². The fourth-order valence-corrected chi connectivity index (χ4v) is 7.13. The lowest BCUT2D eigenvalue weighted by atomic mass is 10.0. The molecule has 10 heteroatoms. The molecule has 250 valence electrons. The van der Waals surface area contributed by atoms with Crippen LogP contribution in [0.25, 0.3) is 33.6 Å². The van der Waals surface area contributed by atoms with Gasteiger partial charge in [-0.3, -0.25) is 9.69 Å². The standard InChI is InChI=1S/C40H37N7O3/c1-23(2)36(46-40(49)50)39(48)47-34-10-6-4-8-29(34)20-35(47)38-42-22-33(45-38)27-17-13-25(14-18-27)24-11-15-26(16-12-24)32-21-41-37(44-32)31-19-28-7-3-5-9-30(28)43-31/h3-18,21-23,31,35-36,43,46H,19-20H2,1-2H3,(H,41,44)(H,42,45)(H,49,50)/t31-,35-,36+/m0/s1. The molecule has 0 aliphatic carbocycles. The highest BCUT2D eigenvalue weighted by Crippen LogP contribution is 2.41. The molecule has 2 aromatic heterocycles. The lowest BCUT2D eigenvalue weighted by Crippen LogP contribution is -2.51. The van der Waals surface area contributed by atoms with Crippen molar-refractivity contribution in [1.82, 2.24) is 25.3 Å². The Kier molecular flexibility index (Phi) is 7.91. The van der Waals surface area contributed by atoms with Crippen molar-refractivity contribution < 1.29 is 14.7 Å². The number of rotatable bonds is 8. The van der Waals surface area contributed by atoms with Crippen LogP contribution in [0.2, 0.25) is 0 Å².